The smallest absolute Gasteiger partial charge is 0.0479 e. The molecule has 0 spiro atoms. The Hall–Kier alpha value is -1.80. The summed E-state index contributed by atoms with van der Waals surface area (Å²) in [5.41, 5.74) is 5.60. The van der Waals surface area contributed by atoms with E-state index in [-0.39, 0.29) is 0 Å². The summed E-state index contributed by atoms with van der Waals surface area (Å²) >= 11 is 0. The molecule has 0 fully saturated rings. The highest BCUT2D eigenvalue weighted by Crippen LogP contribution is 2.35. The number of hydrogen-bond donors (Lipinski definition) is 0. The molecule has 0 N–H and O–H groups in total. The number of anilines is 2. The van der Waals surface area contributed by atoms with Gasteiger partial charge < -0.3 is 9.64 Å². The van der Waals surface area contributed by atoms with E-state index in [4.69, 9.17) is 4.74 Å². The lowest BCUT2D eigenvalue weighted by Crippen LogP contribution is -2.20. The Bertz CT molecular complexity index is 532. The molecule has 1 aliphatic heterocycles. The summed E-state index contributed by atoms with van der Waals surface area (Å²) in [6.07, 6.45) is 3.28. The van der Waals surface area contributed by atoms with Crippen molar-refractivity contribution in [3.8, 4) is 0 Å². The van der Waals surface area contributed by atoms with Crippen LogP contribution in [0.4, 0.5) is 11.4 Å². The third-order valence-corrected chi connectivity index (χ3v) is 3.96. The maximum Gasteiger partial charge on any atom is 0.0479 e. The lowest BCUT2D eigenvalue weighted by Gasteiger charge is -2.26. The first kappa shape index (κ1) is 13.2. The second-order valence-corrected chi connectivity index (χ2v) is 5.26. The first-order valence-electron chi connectivity index (χ1n) is 7.32. The second kappa shape index (κ2) is 6.10. The van der Waals surface area contributed by atoms with Gasteiger partial charge in [0.05, 0.1) is 0 Å². The summed E-state index contributed by atoms with van der Waals surface area (Å²) in [5, 5.41) is 0. The number of hydrogen-bond acceptors (Lipinski definition) is 2. The van der Waals surface area contributed by atoms with Gasteiger partial charge in [0.15, 0.2) is 0 Å². The van der Waals surface area contributed by atoms with Crippen molar-refractivity contribution in [1.29, 1.82) is 0 Å². The zero-order valence-electron chi connectivity index (χ0n) is 12.0. The quantitative estimate of drug-likeness (QED) is 0.777. The first-order chi connectivity index (χ1) is 9.90. The average Bonchev–Trinajstić information content (AvgIpc) is 2.66. The minimum absolute atomic E-state index is 0.806. The van der Waals surface area contributed by atoms with Gasteiger partial charge >= 0.3 is 0 Å². The minimum atomic E-state index is 0.806. The van der Waals surface area contributed by atoms with Crippen molar-refractivity contribution in [1.82, 2.24) is 0 Å². The molecule has 3 rings (SSSR count). The summed E-state index contributed by atoms with van der Waals surface area (Å²) in [6.45, 7) is 1.81. The molecule has 0 aliphatic carbocycles. The highest BCUT2D eigenvalue weighted by molar-refractivity contribution is 5.71. The second-order valence-electron chi connectivity index (χ2n) is 5.26. The van der Waals surface area contributed by atoms with E-state index >= 15 is 0 Å². The van der Waals surface area contributed by atoms with E-state index < -0.39 is 0 Å². The van der Waals surface area contributed by atoms with Crippen LogP contribution in [0, 0.1) is 0 Å². The van der Waals surface area contributed by atoms with Crippen LogP contribution in [-0.4, -0.2) is 20.3 Å². The van der Waals surface area contributed by atoms with Gasteiger partial charge in [-0.25, -0.2) is 0 Å². The van der Waals surface area contributed by atoms with E-state index in [1.54, 1.807) is 7.11 Å². The van der Waals surface area contributed by atoms with Gasteiger partial charge in [0.2, 0.25) is 0 Å². The molecule has 0 atom stereocenters. The van der Waals surface area contributed by atoms with Crippen LogP contribution in [0.5, 0.6) is 0 Å². The van der Waals surface area contributed by atoms with Crippen molar-refractivity contribution < 1.29 is 4.74 Å². The van der Waals surface area contributed by atoms with E-state index in [1.165, 1.54) is 22.5 Å². The van der Waals surface area contributed by atoms with Gasteiger partial charge in [0.25, 0.3) is 0 Å². The van der Waals surface area contributed by atoms with E-state index in [0.29, 0.717) is 0 Å². The Kier molecular flexibility index (Phi) is 4.03. The number of aryl methyl sites for hydroxylation is 2. The van der Waals surface area contributed by atoms with Gasteiger partial charge in [-0.1, -0.05) is 36.4 Å². The fourth-order valence-corrected chi connectivity index (χ4v) is 2.98. The Labute approximate surface area is 121 Å². The number of rotatable bonds is 4. The van der Waals surface area contributed by atoms with Crippen LogP contribution in [0.15, 0.2) is 48.5 Å². The summed E-state index contributed by atoms with van der Waals surface area (Å²) in [5.74, 6) is 0. The topological polar surface area (TPSA) is 12.5 Å². The van der Waals surface area contributed by atoms with Gasteiger partial charge in [-0.05, 0) is 42.5 Å². The molecule has 0 saturated carbocycles. The number of benzene rings is 2. The van der Waals surface area contributed by atoms with E-state index in [2.05, 4.69) is 53.4 Å². The van der Waals surface area contributed by atoms with Crippen LogP contribution in [0.3, 0.4) is 0 Å². The van der Waals surface area contributed by atoms with Crippen LogP contribution in [0.25, 0.3) is 0 Å². The maximum absolute atomic E-state index is 5.21. The third kappa shape index (κ3) is 2.56. The lowest BCUT2D eigenvalue weighted by molar-refractivity contribution is 0.196. The molecule has 2 aromatic carbocycles. The van der Waals surface area contributed by atoms with Crippen LogP contribution in [0.2, 0.25) is 0 Å². The Morgan fingerprint density at radius 1 is 0.900 bits per heavy atom. The SMILES string of the molecule is COCCCN1c2ccccc2CCc2ccccc21. The molecule has 0 bridgehead atoms. The van der Waals surface area contributed by atoms with Crippen LogP contribution >= 0.6 is 0 Å². The normalized spacial score (nSPS) is 13.6. The number of ether oxygens (including phenoxy) is 1. The average molecular weight is 267 g/mol. The van der Waals surface area contributed by atoms with Crippen molar-refractivity contribution in [3.05, 3.63) is 59.7 Å². The fourth-order valence-electron chi connectivity index (χ4n) is 2.98. The summed E-state index contributed by atoms with van der Waals surface area (Å²) in [7, 11) is 1.77. The number of nitrogens with zero attached hydrogens (tertiary/aromatic N) is 1. The standard InChI is InChI=1S/C18H21NO/c1-20-14-6-13-19-17-9-4-2-7-15(17)11-12-16-8-3-5-10-18(16)19/h2-5,7-10H,6,11-14H2,1H3. The molecule has 2 heteroatoms. The van der Waals surface area contributed by atoms with E-state index in [0.717, 1.165) is 32.4 Å². The molecule has 0 amide bonds. The van der Waals surface area contributed by atoms with Crippen LogP contribution < -0.4 is 4.90 Å². The van der Waals surface area contributed by atoms with Crippen LogP contribution in [0.1, 0.15) is 17.5 Å². The number of fused-ring (bicyclic) bond motifs is 2. The Morgan fingerprint density at radius 2 is 1.45 bits per heavy atom. The highest BCUT2D eigenvalue weighted by atomic mass is 16.5. The molecule has 1 heterocycles. The monoisotopic (exact) mass is 267 g/mol. The molecule has 0 radical (unpaired) electrons. The first-order valence-corrected chi connectivity index (χ1v) is 7.32. The van der Waals surface area contributed by atoms with Gasteiger partial charge in [0, 0.05) is 31.6 Å². The molecular weight excluding hydrogens is 246 g/mol. The van der Waals surface area contributed by atoms with E-state index in [9.17, 15) is 0 Å². The number of para-hydroxylation sites is 2. The van der Waals surface area contributed by atoms with Crippen molar-refractivity contribution in [2.24, 2.45) is 0 Å². The maximum atomic E-state index is 5.21. The number of methoxy groups -OCH3 is 1. The Balaban J connectivity index is 2.00. The summed E-state index contributed by atoms with van der Waals surface area (Å²) in [4.78, 5) is 2.46. The molecule has 2 aromatic rings. The molecule has 1 aliphatic rings. The molecule has 0 unspecified atom stereocenters. The van der Waals surface area contributed by atoms with Gasteiger partial charge in [-0.15, -0.1) is 0 Å². The van der Waals surface area contributed by atoms with Crippen molar-refractivity contribution >= 4 is 11.4 Å². The summed E-state index contributed by atoms with van der Waals surface area (Å²) < 4.78 is 5.21. The largest absolute Gasteiger partial charge is 0.385 e. The van der Waals surface area contributed by atoms with Crippen molar-refractivity contribution in [2.45, 2.75) is 19.3 Å². The summed E-state index contributed by atoms with van der Waals surface area (Å²) in [6, 6.07) is 17.5. The fraction of sp³-hybridized carbons (Fsp3) is 0.333. The molecular formula is C18H21NO. The van der Waals surface area contributed by atoms with Gasteiger partial charge in [-0.2, -0.15) is 0 Å². The molecule has 0 saturated heterocycles. The van der Waals surface area contributed by atoms with Crippen LogP contribution in [-0.2, 0) is 17.6 Å². The predicted molar refractivity (Wildman–Crippen MR) is 83.8 cm³/mol. The molecule has 2 nitrogen and oxygen atoms in total. The van der Waals surface area contributed by atoms with Gasteiger partial charge in [0.1, 0.15) is 0 Å². The third-order valence-electron chi connectivity index (χ3n) is 3.96. The Morgan fingerprint density at radius 3 is 2.00 bits per heavy atom. The van der Waals surface area contributed by atoms with Gasteiger partial charge in [-0.3, -0.25) is 0 Å². The highest BCUT2D eigenvalue weighted by Gasteiger charge is 2.19. The lowest BCUT2D eigenvalue weighted by atomic mass is 10.0. The molecule has 0 aromatic heterocycles. The van der Waals surface area contributed by atoms with Crippen molar-refractivity contribution in [3.63, 3.8) is 0 Å². The molecule has 20 heavy (non-hydrogen) atoms. The minimum Gasteiger partial charge on any atom is -0.385 e. The molecule has 104 valence electrons. The van der Waals surface area contributed by atoms with Crippen molar-refractivity contribution in [2.75, 3.05) is 25.2 Å². The predicted octanol–water partition coefficient (Wildman–Crippen LogP) is 3.96. The zero-order chi connectivity index (χ0) is 13.8. The van der Waals surface area contributed by atoms with E-state index in [1.807, 2.05) is 0 Å². The zero-order valence-corrected chi connectivity index (χ0v) is 12.0.